The van der Waals surface area contributed by atoms with Crippen LogP contribution >= 0.6 is 23.8 Å². The van der Waals surface area contributed by atoms with Crippen LogP contribution in [0.2, 0.25) is 5.02 Å². The second kappa shape index (κ2) is 6.58. The summed E-state index contributed by atoms with van der Waals surface area (Å²) in [4.78, 5) is 0.319. The molecule has 0 unspecified atom stereocenters. The van der Waals surface area contributed by atoms with Crippen molar-refractivity contribution in [2.24, 2.45) is 11.7 Å². The van der Waals surface area contributed by atoms with Gasteiger partial charge in [0.1, 0.15) is 10.7 Å². The van der Waals surface area contributed by atoms with Crippen molar-refractivity contribution in [3.63, 3.8) is 0 Å². The zero-order valence-corrected chi connectivity index (χ0v) is 12.8. The van der Waals surface area contributed by atoms with Crippen LogP contribution in [0, 0.1) is 5.92 Å². The molecule has 0 aromatic heterocycles. The molecule has 2 rings (SSSR count). The molecule has 0 aliphatic heterocycles. The van der Waals surface area contributed by atoms with Crippen molar-refractivity contribution in [1.82, 2.24) is 0 Å². The zero-order chi connectivity index (χ0) is 13.8. The zero-order valence-electron chi connectivity index (χ0n) is 11.2. The predicted molar refractivity (Wildman–Crippen MR) is 84.0 cm³/mol. The Morgan fingerprint density at radius 1 is 1.37 bits per heavy atom. The Bertz CT molecular complexity index is 455. The minimum absolute atomic E-state index is 0.314. The quantitative estimate of drug-likeness (QED) is 0.841. The summed E-state index contributed by atoms with van der Waals surface area (Å²) < 4.78 is 6.00. The Balaban J connectivity index is 1.97. The van der Waals surface area contributed by atoms with Crippen molar-refractivity contribution in [1.29, 1.82) is 0 Å². The number of hydrogen-bond acceptors (Lipinski definition) is 2. The van der Waals surface area contributed by atoms with E-state index in [1.807, 2.05) is 18.2 Å². The maximum absolute atomic E-state index is 6.14. The minimum atomic E-state index is 0.314. The summed E-state index contributed by atoms with van der Waals surface area (Å²) >= 11 is 11.1. The van der Waals surface area contributed by atoms with Crippen LogP contribution in [0.1, 0.15) is 44.6 Å². The van der Waals surface area contributed by atoms with Crippen molar-refractivity contribution in [2.45, 2.75) is 45.1 Å². The molecule has 1 aliphatic carbocycles. The topological polar surface area (TPSA) is 35.2 Å². The maximum atomic E-state index is 6.14. The molecule has 0 radical (unpaired) electrons. The van der Waals surface area contributed by atoms with Gasteiger partial charge in [0.15, 0.2) is 0 Å². The number of ether oxygens (including phenoxy) is 1. The molecule has 1 saturated carbocycles. The molecule has 0 spiro atoms. The van der Waals surface area contributed by atoms with E-state index < -0.39 is 0 Å². The molecule has 1 aromatic carbocycles. The van der Waals surface area contributed by atoms with E-state index in [4.69, 9.17) is 34.3 Å². The first-order valence-electron chi connectivity index (χ1n) is 6.86. The Morgan fingerprint density at radius 2 is 2.05 bits per heavy atom. The Hall–Kier alpha value is -0.800. The van der Waals surface area contributed by atoms with E-state index in [1.54, 1.807) is 0 Å². The molecule has 0 bridgehead atoms. The highest BCUT2D eigenvalue weighted by Crippen LogP contribution is 2.30. The van der Waals surface area contributed by atoms with Gasteiger partial charge in [0.2, 0.25) is 0 Å². The molecule has 4 heteroatoms. The van der Waals surface area contributed by atoms with Crippen LogP contribution in [0.4, 0.5) is 0 Å². The lowest BCUT2D eigenvalue weighted by molar-refractivity contribution is 0.130. The highest BCUT2D eigenvalue weighted by atomic mass is 35.5. The first kappa shape index (κ1) is 14.6. The highest BCUT2D eigenvalue weighted by Gasteiger charge is 2.21. The van der Waals surface area contributed by atoms with Crippen molar-refractivity contribution in [2.75, 3.05) is 0 Å². The summed E-state index contributed by atoms with van der Waals surface area (Å²) in [5.74, 6) is 1.69. The average Bonchev–Trinajstić information content (AvgIpc) is 2.39. The molecule has 0 amide bonds. The summed E-state index contributed by atoms with van der Waals surface area (Å²) in [5, 5.41) is 0.562. The fourth-order valence-corrected chi connectivity index (χ4v) is 3.13. The predicted octanol–water partition coefficient (Wildman–Crippen LogP) is 4.32. The van der Waals surface area contributed by atoms with E-state index in [2.05, 4.69) is 6.92 Å². The van der Waals surface area contributed by atoms with Gasteiger partial charge in [-0.15, -0.1) is 0 Å². The van der Waals surface area contributed by atoms with E-state index in [-0.39, 0.29) is 0 Å². The third kappa shape index (κ3) is 3.83. The number of thiocarbonyl (C=S) groups is 1. The first-order chi connectivity index (χ1) is 9.10. The van der Waals surface area contributed by atoms with Gasteiger partial charge in [0, 0.05) is 5.56 Å². The third-order valence-corrected chi connectivity index (χ3v) is 4.41. The summed E-state index contributed by atoms with van der Waals surface area (Å²) in [6.45, 7) is 2.26. The fraction of sp³-hybridized carbons (Fsp3) is 0.533. The number of halogens is 1. The minimum Gasteiger partial charge on any atom is -0.490 e. The summed E-state index contributed by atoms with van der Waals surface area (Å²) in [7, 11) is 0. The normalized spacial score (nSPS) is 23.1. The van der Waals surface area contributed by atoms with Crippen molar-refractivity contribution >= 4 is 28.8 Å². The smallest absolute Gasteiger partial charge is 0.121 e. The maximum Gasteiger partial charge on any atom is 0.121 e. The second-order valence-electron chi connectivity index (χ2n) is 5.17. The van der Waals surface area contributed by atoms with Gasteiger partial charge in [0.05, 0.1) is 11.1 Å². The number of hydrogen-bond donors (Lipinski definition) is 1. The SMILES string of the molecule is CCC1CCC(Oc2ccc(C(N)=S)c(Cl)c2)CC1. The van der Waals surface area contributed by atoms with Crippen LogP contribution in [-0.2, 0) is 0 Å². The van der Waals surface area contributed by atoms with Crippen LogP contribution < -0.4 is 10.5 Å². The molecule has 1 aliphatic rings. The molecular weight excluding hydrogens is 278 g/mol. The first-order valence-corrected chi connectivity index (χ1v) is 7.64. The molecule has 104 valence electrons. The molecule has 1 aromatic rings. The summed E-state index contributed by atoms with van der Waals surface area (Å²) in [6.07, 6.45) is 6.39. The third-order valence-electron chi connectivity index (χ3n) is 3.88. The lowest BCUT2D eigenvalue weighted by atomic mass is 9.86. The van der Waals surface area contributed by atoms with Crippen molar-refractivity contribution in [3.05, 3.63) is 28.8 Å². The van der Waals surface area contributed by atoms with Crippen LogP contribution in [0.3, 0.4) is 0 Å². The average molecular weight is 298 g/mol. The van der Waals surface area contributed by atoms with Crippen molar-refractivity contribution in [3.8, 4) is 5.75 Å². The van der Waals surface area contributed by atoms with E-state index in [0.717, 1.165) is 24.5 Å². The number of nitrogens with two attached hydrogens (primary N) is 1. The van der Waals surface area contributed by atoms with Gasteiger partial charge in [0.25, 0.3) is 0 Å². The standard InChI is InChI=1S/C15H20ClNOS/c1-2-10-3-5-11(6-4-10)18-12-7-8-13(15(17)19)14(16)9-12/h7-11H,2-6H2,1H3,(H2,17,19). The van der Waals surface area contributed by atoms with Gasteiger partial charge in [-0.05, 0) is 49.8 Å². The van der Waals surface area contributed by atoms with Gasteiger partial charge in [-0.1, -0.05) is 37.2 Å². The molecule has 0 heterocycles. The van der Waals surface area contributed by atoms with Gasteiger partial charge >= 0.3 is 0 Å². The monoisotopic (exact) mass is 297 g/mol. The molecule has 0 atom stereocenters. The van der Waals surface area contributed by atoms with E-state index in [0.29, 0.717) is 21.7 Å². The van der Waals surface area contributed by atoms with Crippen LogP contribution in [0.25, 0.3) is 0 Å². The van der Waals surface area contributed by atoms with E-state index in [9.17, 15) is 0 Å². The summed E-state index contributed by atoms with van der Waals surface area (Å²) in [6, 6.07) is 5.53. The highest BCUT2D eigenvalue weighted by molar-refractivity contribution is 7.80. The molecule has 1 fully saturated rings. The van der Waals surface area contributed by atoms with Crippen LogP contribution in [0.5, 0.6) is 5.75 Å². The lowest BCUT2D eigenvalue weighted by Crippen LogP contribution is -2.23. The molecule has 2 nitrogen and oxygen atoms in total. The van der Waals surface area contributed by atoms with E-state index >= 15 is 0 Å². The van der Waals surface area contributed by atoms with Crippen LogP contribution in [0.15, 0.2) is 18.2 Å². The summed E-state index contributed by atoms with van der Waals surface area (Å²) in [5.41, 5.74) is 6.29. The number of rotatable bonds is 4. The molecule has 0 saturated heterocycles. The van der Waals surface area contributed by atoms with Gasteiger partial charge < -0.3 is 10.5 Å². The number of benzene rings is 1. The van der Waals surface area contributed by atoms with E-state index in [1.165, 1.54) is 19.3 Å². The van der Waals surface area contributed by atoms with Crippen molar-refractivity contribution < 1.29 is 4.74 Å². The molecular formula is C15H20ClNOS. The molecule has 2 N–H and O–H groups in total. The molecule has 19 heavy (non-hydrogen) atoms. The Labute approximate surface area is 125 Å². The largest absolute Gasteiger partial charge is 0.490 e. The Morgan fingerprint density at radius 3 is 2.58 bits per heavy atom. The lowest BCUT2D eigenvalue weighted by Gasteiger charge is -2.28. The second-order valence-corrected chi connectivity index (χ2v) is 6.02. The van der Waals surface area contributed by atoms with Gasteiger partial charge in [-0.25, -0.2) is 0 Å². The van der Waals surface area contributed by atoms with Gasteiger partial charge in [-0.3, -0.25) is 0 Å². The Kier molecular flexibility index (Phi) is 5.06. The fourth-order valence-electron chi connectivity index (χ4n) is 2.62. The van der Waals surface area contributed by atoms with Gasteiger partial charge in [-0.2, -0.15) is 0 Å². The van der Waals surface area contributed by atoms with Crippen LogP contribution in [-0.4, -0.2) is 11.1 Å².